The van der Waals surface area contributed by atoms with Gasteiger partial charge in [0.05, 0.1) is 24.2 Å². The van der Waals surface area contributed by atoms with Gasteiger partial charge in [-0.15, -0.1) is 11.8 Å². The smallest absolute Gasteiger partial charge is 0.318 e. The maximum absolute atomic E-state index is 14.4. The van der Waals surface area contributed by atoms with Crippen molar-refractivity contribution in [3.05, 3.63) is 53.5 Å². The second-order valence-electron chi connectivity index (χ2n) is 11.1. The van der Waals surface area contributed by atoms with Crippen molar-refractivity contribution in [2.45, 2.75) is 74.1 Å². The van der Waals surface area contributed by atoms with Crippen molar-refractivity contribution in [1.82, 2.24) is 19.8 Å². The Kier molecular flexibility index (Phi) is 9.46. The van der Waals surface area contributed by atoms with Crippen molar-refractivity contribution in [3.8, 4) is 12.1 Å². The number of likely N-dealkylation sites (N-methyl/N-ethyl adjacent to an activating group) is 1. The summed E-state index contributed by atoms with van der Waals surface area (Å²) in [6.45, 7) is 8.94. The van der Waals surface area contributed by atoms with Crippen LogP contribution < -0.4 is 9.64 Å². The van der Waals surface area contributed by atoms with Gasteiger partial charge in [-0.1, -0.05) is 19.6 Å². The molecule has 0 spiro atoms. The summed E-state index contributed by atoms with van der Waals surface area (Å²) in [6.07, 6.45) is 6.86. The highest BCUT2D eigenvalue weighted by Crippen LogP contribution is 2.39. The molecule has 3 atom stereocenters. The lowest BCUT2D eigenvalue weighted by molar-refractivity contribution is -0.128. The lowest BCUT2D eigenvalue weighted by Crippen LogP contribution is -2.55. The minimum Gasteiger partial charge on any atom is -0.462 e. The molecular weight excluding hydrogens is 539 g/mol. The number of ether oxygens (including phenoxy) is 1. The van der Waals surface area contributed by atoms with Crippen LogP contribution in [0.2, 0.25) is 0 Å². The summed E-state index contributed by atoms with van der Waals surface area (Å²) < 4.78 is 20.6. The number of carbonyl (C=O) groups excluding carboxylic acids is 1. The van der Waals surface area contributed by atoms with Gasteiger partial charge in [-0.05, 0) is 63.9 Å². The monoisotopic (exact) mass is 578 g/mol. The van der Waals surface area contributed by atoms with Crippen LogP contribution in [0.4, 0.5) is 10.2 Å². The number of carbonyl (C=O) groups is 1. The van der Waals surface area contributed by atoms with Crippen LogP contribution in [0.3, 0.4) is 0 Å². The summed E-state index contributed by atoms with van der Waals surface area (Å²) in [6, 6.07) is 8.04. The van der Waals surface area contributed by atoms with E-state index >= 15 is 0 Å². The molecule has 2 aromatic rings. The van der Waals surface area contributed by atoms with Crippen LogP contribution in [0, 0.1) is 17.1 Å². The Morgan fingerprint density at radius 2 is 2.12 bits per heavy atom. The molecule has 2 fully saturated rings. The molecule has 4 heterocycles. The van der Waals surface area contributed by atoms with E-state index in [2.05, 4.69) is 36.4 Å². The number of nitrogens with zero attached hydrogens (tertiary/aromatic N) is 6. The van der Waals surface area contributed by atoms with Crippen molar-refractivity contribution in [3.63, 3.8) is 0 Å². The highest BCUT2D eigenvalue weighted by atomic mass is 32.2. The SMILES string of the molecule is C=CC(=O)N1CCN(c2nc(OCC3CCCN3C)nc(C[C@@H]3CCc4c(F)cccc4S3)c2CC)CC1CC#N. The van der Waals surface area contributed by atoms with Crippen LogP contribution in [0.15, 0.2) is 35.7 Å². The van der Waals surface area contributed by atoms with Crippen LogP contribution in [0.5, 0.6) is 6.01 Å². The van der Waals surface area contributed by atoms with E-state index in [1.54, 1.807) is 28.8 Å². The van der Waals surface area contributed by atoms with E-state index < -0.39 is 0 Å². The molecule has 2 unspecified atom stereocenters. The molecule has 218 valence electrons. The van der Waals surface area contributed by atoms with Crippen LogP contribution in [-0.4, -0.2) is 82.8 Å². The minimum absolute atomic E-state index is 0.124. The summed E-state index contributed by atoms with van der Waals surface area (Å²) >= 11 is 1.73. The summed E-state index contributed by atoms with van der Waals surface area (Å²) in [5.74, 6) is 0.550. The number of aromatic nitrogens is 2. The van der Waals surface area contributed by atoms with Crippen molar-refractivity contribution in [2.24, 2.45) is 0 Å². The largest absolute Gasteiger partial charge is 0.462 e. The fourth-order valence-electron chi connectivity index (χ4n) is 6.24. The van der Waals surface area contributed by atoms with E-state index in [1.807, 2.05) is 6.07 Å². The number of halogens is 1. The average molecular weight is 579 g/mol. The first kappa shape index (κ1) is 29.3. The van der Waals surface area contributed by atoms with E-state index in [0.29, 0.717) is 44.7 Å². The highest BCUT2D eigenvalue weighted by Gasteiger charge is 2.33. The number of fused-ring (bicyclic) bond motifs is 1. The molecule has 41 heavy (non-hydrogen) atoms. The lowest BCUT2D eigenvalue weighted by atomic mass is 10.0. The number of amides is 1. The van der Waals surface area contributed by atoms with Gasteiger partial charge in [0, 0.05) is 53.4 Å². The highest BCUT2D eigenvalue weighted by molar-refractivity contribution is 8.00. The van der Waals surface area contributed by atoms with Gasteiger partial charge in [-0.25, -0.2) is 4.39 Å². The predicted octanol–water partition coefficient (Wildman–Crippen LogP) is 4.42. The van der Waals surface area contributed by atoms with E-state index in [-0.39, 0.29) is 29.4 Å². The zero-order chi connectivity index (χ0) is 28.9. The van der Waals surface area contributed by atoms with Crippen molar-refractivity contribution >= 4 is 23.5 Å². The first-order valence-corrected chi connectivity index (χ1v) is 15.5. The standard InChI is InChI=1S/C31H39FN6O2S/c1-4-24-27(18-23-11-12-25-26(32)9-6-10-28(25)41-23)34-31(40-20-22-8-7-15-36(22)3)35-30(24)37-16-17-38(29(39)5-2)21(19-37)13-14-33/h5-6,9-10,21-23H,2,4,7-8,11-13,15-20H2,1,3H3/t21?,22?,23-/m0/s1. The van der Waals surface area contributed by atoms with E-state index in [9.17, 15) is 14.4 Å². The van der Waals surface area contributed by atoms with Crippen molar-refractivity contribution in [2.75, 3.05) is 44.7 Å². The summed E-state index contributed by atoms with van der Waals surface area (Å²) in [5, 5.41) is 9.76. The number of likely N-dealkylation sites (tertiary alicyclic amines) is 1. The zero-order valence-corrected chi connectivity index (χ0v) is 24.8. The van der Waals surface area contributed by atoms with Crippen molar-refractivity contribution in [1.29, 1.82) is 5.26 Å². The summed E-state index contributed by atoms with van der Waals surface area (Å²) in [7, 11) is 2.12. The maximum atomic E-state index is 14.4. The number of hydrogen-bond donors (Lipinski definition) is 0. The van der Waals surface area contributed by atoms with E-state index in [0.717, 1.165) is 66.2 Å². The van der Waals surface area contributed by atoms with Gasteiger partial charge in [0.15, 0.2) is 0 Å². The number of benzene rings is 1. The first-order valence-electron chi connectivity index (χ1n) is 14.6. The third-order valence-electron chi connectivity index (χ3n) is 8.55. The Hall–Kier alpha value is -3.16. The van der Waals surface area contributed by atoms with Gasteiger partial charge >= 0.3 is 6.01 Å². The molecule has 3 aliphatic rings. The third-order valence-corrected chi connectivity index (χ3v) is 9.93. The summed E-state index contributed by atoms with van der Waals surface area (Å²) in [5.41, 5.74) is 2.85. The molecule has 8 nitrogen and oxygen atoms in total. The molecule has 0 radical (unpaired) electrons. The Morgan fingerprint density at radius 1 is 1.27 bits per heavy atom. The molecule has 0 bridgehead atoms. The van der Waals surface area contributed by atoms with Crippen LogP contribution in [0.1, 0.15) is 49.4 Å². The molecular formula is C31H39FN6O2S. The predicted molar refractivity (Wildman–Crippen MR) is 159 cm³/mol. The molecule has 0 aliphatic carbocycles. The molecule has 1 amide bonds. The van der Waals surface area contributed by atoms with Crippen LogP contribution in [-0.2, 0) is 24.1 Å². The minimum atomic E-state index is -0.251. The van der Waals surface area contributed by atoms with E-state index in [1.165, 1.54) is 6.08 Å². The third kappa shape index (κ3) is 6.52. The van der Waals surface area contributed by atoms with Gasteiger partial charge in [0.2, 0.25) is 5.91 Å². The Balaban J connectivity index is 1.44. The number of anilines is 1. The fraction of sp³-hybridized carbons (Fsp3) is 0.548. The number of nitriles is 1. The molecule has 0 N–H and O–H groups in total. The second-order valence-corrected chi connectivity index (χ2v) is 12.4. The van der Waals surface area contributed by atoms with Gasteiger partial charge in [0.1, 0.15) is 18.2 Å². The maximum Gasteiger partial charge on any atom is 0.318 e. The van der Waals surface area contributed by atoms with Gasteiger partial charge in [-0.2, -0.15) is 15.2 Å². The molecule has 3 aliphatic heterocycles. The quantitative estimate of drug-likeness (QED) is 0.405. The molecule has 0 saturated carbocycles. The number of piperazine rings is 1. The molecule has 10 heteroatoms. The first-order chi connectivity index (χ1) is 19.9. The lowest BCUT2D eigenvalue weighted by Gasteiger charge is -2.41. The second kappa shape index (κ2) is 13.2. The van der Waals surface area contributed by atoms with Crippen molar-refractivity contribution < 1.29 is 13.9 Å². The molecule has 5 rings (SSSR count). The summed E-state index contributed by atoms with van der Waals surface area (Å²) in [4.78, 5) is 29.7. The number of rotatable bonds is 9. The van der Waals surface area contributed by atoms with Gasteiger partial charge in [0.25, 0.3) is 0 Å². The number of hydrogen-bond acceptors (Lipinski definition) is 8. The van der Waals surface area contributed by atoms with Gasteiger partial charge < -0.3 is 19.4 Å². The zero-order valence-electron chi connectivity index (χ0n) is 24.0. The Bertz CT molecular complexity index is 1320. The Labute approximate surface area is 246 Å². The normalized spacial score (nSPS) is 22.7. The average Bonchev–Trinajstić information content (AvgIpc) is 3.40. The molecule has 1 aromatic heterocycles. The van der Waals surface area contributed by atoms with E-state index in [4.69, 9.17) is 14.7 Å². The fourth-order valence-corrected chi connectivity index (χ4v) is 7.58. The van der Waals surface area contributed by atoms with Gasteiger partial charge in [-0.3, -0.25) is 4.79 Å². The van der Waals surface area contributed by atoms with Crippen LogP contribution >= 0.6 is 11.8 Å². The number of thioether (sulfide) groups is 1. The molecule has 2 saturated heterocycles. The topological polar surface area (TPSA) is 85.6 Å². The van der Waals surface area contributed by atoms with Crippen LogP contribution in [0.25, 0.3) is 0 Å². The molecule has 1 aromatic carbocycles. The Morgan fingerprint density at radius 3 is 2.85 bits per heavy atom.